The predicted molar refractivity (Wildman–Crippen MR) is 59.2 cm³/mol. The average Bonchev–Trinajstić information content (AvgIpc) is 2.28. The molecule has 1 aromatic rings. The van der Waals surface area contributed by atoms with Crippen molar-refractivity contribution in [1.82, 2.24) is 5.43 Å². The van der Waals surface area contributed by atoms with E-state index in [-0.39, 0.29) is 12.2 Å². The van der Waals surface area contributed by atoms with Crippen LogP contribution in [0.3, 0.4) is 0 Å². The number of amides is 1. The third kappa shape index (κ3) is 4.08. The molecule has 0 spiro atoms. The van der Waals surface area contributed by atoms with Gasteiger partial charge < -0.3 is 4.74 Å². The van der Waals surface area contributed by atoms with Gasteiger partial charge in [0.25, 0.3) is 0 Å². The lowest BCUT2D eigenvalue weighted by Crippen LogP contribution is -2.19. The first-order valence-electron chi connectivity index (χ1n) is 5.07. The van der Waals surface area contributed by atoms with Crippen molar-refractivity contribution >= 4 is 12.3 Å². The summed E-state index contributed by atoms with van der Waals surface area (Å²) >= 11 is 0. The number of hydrogen-bond donors (Lipinski definition) is 1. The van der Waals surface area contributed by atoms with Gasteiger partial charge in [-0.15, -0.1) is 0 Å². The molecule has 98 valence electrons. The van der Waals surface area contributed by atoms with Crippen molar-refractivity contribution in [2.45, 2.75) is 13.1 Å². The van der Waals surface area contributed by atoms with E-state index >= 15 is 0 Å². The summed E-state index contributed by atoms with van der Waals surface area (Å²) < 4.78 is 42.2. The number of alkyl halides is 3. The van der Waals surface area contributed by atoms with Crippen LogP contribution in [0.4, 0.5) is 18.0 Å². The standard InChI is InChI=1S/C11H11F3N2O2/c1-2-18-10(17)16-15-7-8-5-3-4-6-9(8)11(12,13)14/h3-7H,2H2,1H3,(H,16,17)/b15-7+. The number of hydrogen-bond acceptors (Lipinski definition) is 3. The molecule has 4 nitrogen and oxygen atoms in total. The molecule has 0 aliphatic heterocycles. The van der Waals surface area contributed by atoms with Gasteiger partial charge in [-0.05, 0) is 13.0 Å². The Morgan fingerprint density at radius 3 is 2.72 bits per heavy atom. The van der Waals surface area contributed by atoms with Gasteiger partial charge in [-0.3, -0.25) is 0 Å². The highest BCUT2D eigenvalue weighted by Crippen LogP contribution is 2.30. The fourth-order valence-corrected chi connectivity index (χ4v) is 1.19. The number of halogens is 3. The third-order valence-electron chi connectivity index (χ3n) is 1.90. The summed E-state index contributed by atoms with van der Waals surface area (Å²) in [5, 5.41) is 3.38. The first-order valence-corrected chi connectivity index (χ1v) is 5.07. The molecule has 0 saturated carbocycles. The number of rotatable bonds is 3. The van der Waals surface area contributed by atoms with E-state index in [0.717, 1.165) is 12.3 Å². The summed E-state index contributed by atoms with van der Waals surface area (Å²) in [6.07, 6.45) is -4.37. The lowest BCUT2D eigenvalue weighted by molar-refractivity contribution is -0.137. The van der Waals surface area contributed by atoms with Crippen LogP contribution in [0.15, 0.2) is 29.4 Å². The fraction of sp³-hybridized carbons (Fsp3) is 0.273. The molecule has 1 amide bonds. The molecular weight excluding hydrogens is 249 g/mol. The van der Waals surface area contributed by atoms with Gasteiger partial charge in [-0.25, -0.2) is 10.2 Å². The highest BCUT2D eigenvalue weighted by molar-refractivity contribution is 5.83. The molecular formula is C11H11F3N2O2. The summed E-state index contributed by atoms with van der Waals surface area (Å²) in [5.74, 6) is 0. The SMILES string of the molecule is CCOC(=O)N/N=C/c1ccccc1C(F)(F)F. The minimum atomic E-state index is -4.47. The van der Waals surface area contributed by atoms with Crippen LogP contribution < -0.4 is 5.43 Å². The van der Waals surface area contributed by atoms with E-state index in [9.17, 15) is 18.0 Å². The number of hydrazone groups is 1. The van der Waals surface area contributed by atoms with Crippen LogP contribution in [0, 0.1) is 0 Å². The van der Waals surface area contributed by atoms with E-state index in [1.165, 1.54) is 18.2 Å². The van der Waals surface area contributed by atoms with Crippen LogP contribution >= 0.6 is 0 Å². The normalized spacial score (nSPS) is 11.6. The van der Waals surface area contributed by atoms with E-state index in [1.807, 2.05) is 5.43 Å². The zero-order valence-electron chi connectivity index (χ0n) is 9.49. The number of carbonyl (C=O) groups is 1. The van der Waals surface area contributed by atoms with E-state index < -0.39 is 17.8 Å². The summed E-state index contributed by atoms with van der Waals surface area (Å²) in [7, 11) is 0. The molecule has 0 saturated heterocycles. The number of ether oxygens (including phenoxy) is 1. The average molecular weight is 260 g/mol. The van der Waals surface area contributed by atoms with E-state index in [2.05, 4.69) is 9.84 Å². The molecule has 18 heavy (non-hydrogen) atoms. The maximum Gasteiger partial charge on any atom is 0.427 e. The Morgan fingerprint density at radius 2 is 2.11 bits per heavy atom. The van der Waals surface area contributed by atoms with Crippen molar-refractivity contribution in [3.8, 4) is 0 Å². The molecule has 0 fully saturated rings. The summed E-state index contributed by atoms with van der Waals surface area (Å²) in [6, 6.07) is 4.91. The number of nitrogens with zero attached hydrogens (tertiary/aromatic N) is 1. The van der Waals surface area contributed by atoms with Gasteiger partial charge in [0.2, 0.25) is 0 Å². The number of carbonyl (C=O) groups excluding carboxylic acids is 1. The molecule has 0 radical (unpaired) electrons. The quantitative estimate of drug-likeness (QED) is 0.671. The summed E-state index contributed by atoms with van der Waals surface area (Å²) in [4.78, 5) is 10.8. The minimum absolute atomic E-state index is 0.137. The van der Waals surface area contributed by atoms with Crippen LogP contribution in [0.2, 0.25) is 0 Å². The Morgan fingerprint density at radius 1 is 1.44 bits per heavy atom. The molecule has 1 N–H and O–H groups in total. The first kappa shape index (κ1) is 14.0. The van der Waals surface area contributed by atoms with Gasteiger partial charge >= 0.3 is 12.3 Å². The minimum Gasteiger partial charge on any atom is -0.449 e. The zero-order valence-corrected chi connectivity index (χ0v) is 9.49. The van der Waals surface area contributed by atoms with E-state index in [4.69, 9.17) is 0 Å². The van der Waals surface area contributed by atoms with Crippen molar-refractivity contribution in [3.05, 3.63) is 35.4 Å². The van der Waals surface area contributed by atoms with Gasteiger partial charge in [-0.1, -0.05) is 18.2 Å². The fourth-order valence-electron chi connectivity index (χ4n) is 1.19. The van der Waals surface area contributed by atoms with Crippen molar-refractivity contribution in [2.24, 2.45) is 5.10 Å². The molecule has 1 aromatic carbocycles. The Labute approximate surface area is 101 Å². The molecule has 0 heterocycles. The maximum atomic E-state index is 12.6. The topological polar surface area (TPSA) is 50.7 Å². The second-order valence-corrected chi connectivity index (χ2v) is 3.18. The lowest BCUT2D eigenvalue weighted by Gasteiger charge is -2.09. The zero-order chi connectivity index (χ0) is 13.6. The van der Waals surface area contributed by atoms with Crippen LogP contribution in [-0.4, -0.2) is 18.9 Å². The molecule has 0 bridgehead atoms. The highest BCUT2D eigenvalue weighted by atomic mass is 19.4. The molecule has 0 aliphatic rings. The summed E-state index contributed by atoms with van der Waals surface area (Å²) in [6.45, 7) is 1.75. The Balaban J connectivity index is 2.79. The highest BCUT2D eigenvalue weighted by Gasteiger charge is 2.32. The summed E-state index contributed by atoms with van der Waals surface area (Å²) in [5.41, 5.74) is 0.994. The first-order chi connectivity index (χ1) is 8.45. The molecule has 0 unspecified atom stereocenters. The van der Waals surface area contributed by atoms with Crippen molar-refractivity contribution in [3.63, 3.8) is 0 Å². The van der Waals surface area contributed by atoms with Crippen LogP contribution in [0.1, 0.15) is 18.1 Å². The lowest BCUT2D eigenvalue weighted by atomic mass is 10.1. The third-order valence-corrected chi connectivity index (χ3v) is 1.90. The van der Waals surface area contributed by atoms with Gasteiger partial charge in [0.15, 0.2) is 0 Å². The van der Waals surface area contributed by atoms with Gasteiger partial charge in [0.1, 0.15) is 0 Å². The van der Waals surface area contributed by atoms with E-state index in [1.54, 1.807) is 6.92 Å². The van der Waals surface area contributed by atoms with Crippen LogP contribution in [0.25, 0.3) is 0 Å². The van der Waals surface area contributed by atoms with Crippen molar-refractivity contribution in [1.29, 1.82) is 0 Å². The number of nitrogens with one attached hydrogen (secondary N) is 1. The molecule has 0 atom stereocenters. The molecule has 7 heteroatoms. The van der Waals surface area contributed by atoms with E-state index in [0.29, 0.717) is 0 Å². The van der Waals surface area contributed by atoms with Crippen LogP contribution in [0.5, 0.6) is 0 Å². The van der Waals surface area contributed by atoms with Gasteiger partial charge in [0.05, 0.1) is 18.4 Å². The smallest absolute Gasteiger partial charge is 0.427 e. The van der Waals surface area contributed by atoms with Gasteiger partial charge in [0, 0.05) is 5.56 Å². The second-order valence-electron chi connectivity index (χ2n) is 3.18. The predicted octanol–water partition coefficient (Wildman–Crippen LogP) is 2.79. The monoisotopic (exact) mass is 260 g/mol. The Hall–Kier alpha value is -2.05. The maximum absolute atomic E-state index is 12.6. The van der Waals surface area contributed by atoms with Crippen molar-refractivity contribution < 1.29 is 22.7 Å². The largest absolute Gasteiger partial charge is 0.449 e. The molecule has 0 aliphatic carbocycles. The van der Waals surface area contributed by atoms with Crippen LogP contribution in [-0.2, 0) is 10.9 Å². The van der Waals surface area contributed by atoms with Gasteiger partial charge in [-0.2, -0.15) is 18.3 Å². The number of benzene rings is 1. The Kier molecular flexibility index (Phi) is 4.70. The van der Waals surface area contributed by atoms with Crippen molar-refractivity contribution in [2.75, 3.05) is 6.61 Å². The molecule has 1 rings (SSSR count). The second kappa shape index (κ2) is 6.04. The molecule has 0 aromatic heterocycles. The Bertz CT molecular complexity index is 444.